The first-order chi connectivity index (χ1) is 16.3. The average molecular weight is 463 g/mol. The van der Waals surface area contributed by atoms with Crippen molar-refractivity contribution in [2.75, 3.05) is 19.0 Å². The topological polar surface area (TPSA) is 132 Å². The first-order valence-electron chi connectivity index (χ1n) is 10.8. The summed E-state index contributed by atoms with van der Waals surface area (Å²) in [6.07, 6.45) is -0.148. The molecule has 0 aliphatic heterocycles. The lowest BCUT2D eigenvalue weighted by molar-refractivity contribution is -0.136. The zero-order chi connectivity index (χ0) is 24.4. The Morgan fingerprint density at radius 3 is 2.65 bits per heavy atom. The maximum Gasteiger partial charge on any atom is 0.305 e. The van der Waals surface area contributed by atoms with Crippen molar-refractivity contribution < 1.29 is 19.2 Å². The molecule has 3 heterocycles. The molecule has 0 amide bonds. The number of nitrogens with one attached hydrogen (secondary N) is 1. The van der Waals surface area contributed by atoms with E-state index in [1.165, 1.54) is 0 Å². The summed E-state index contributed by atoms with van der Waals surface area (Å²) < 4.78 is 12.4. The summed E-state index contributed by atoms with van der Waals surface area (Å²) in [4.78, 5) is 33.8. The van der Waals surface area contributed by atoms with E-state index in [1.807, 2.05) is 38.1 Å². The van der Waals surface area contributed by atoms with E-state index in [0.29, 0.717) is 34.1 Å². The van der Waals surface area contributed by atoms with Gasteiger partial charge in [0.25, 0.3) is 5.56 Å². The fourth-order valence-electron chi connectivity index (χ4n) is 3.98. The summed E-state index contributed by atoms with van der Waals surface area (Å²) in [6.45, 7) is 5.58. The van der Waals surface area contributed by atoms with Crippen LogP contribution < -0.4 is 15.6 Å². The molecule has 0 fully saturated rings. The second kappa shape index (κ2) is 9.34. The Kier molecular flexibility index (Phi) is 6.31. The van der Waals surface area contributed by atoms with E-state index in [-0.39, 0.29) is 18.8 Å². The number of ether oxygens (including phenoxy) is 1. The van der Waals surface area contributed by atoms with Crippen molar-refractivity contribution in [3.63, 3.8) is 0 Å². The van der Waals surface area contributed by atoms with Crippen molar-refractivity contribution in [3.8, 4) is 17.0 Å². The van der Waals surface area contributed by atoms with Crippen LogP contribution in [0.4, 0.5) is 5.82 Å². The van der Waals surface area contributed by atoms with E-state index in [1.54, 1.807) is 30.7 Å². The van der Waals surface area contributed by atoms with Gasteiger partial charge in [0, 0.05) is 12.1 Å². The molecule has 3 aromatic heterocycles. The summed E-state index contributed by atoms with van der Waals surface area (Å²) in [6, 6.07) is 10.6. The average Bonchev–Trinajstić information content (AvgIpc) is 3.16. The molecule has 1 aromatic carbocycles. The van der Waals surface area contributed by atoms with E-state index >= 15 is 0 Å². The van der Waals surface area contributed by atoms with Crippen molar-refractivity contribution in [2.24, 2.45) is 0 Å². The quantitative estimate of drug-likeness (QED) is 0.402. The van der Waals surface area contributed by atoms with Crippen molar-refractivity contribution >= 4 is 23.0 Å². The third kappa shape index (κ3) is 4.21. The smallest absolute Gasteiger partial charge is 0.305 e. The number of methoxy groups -OCH3 is 1. The maximum absolute atomic E-state index is 13.6. The first-order valence-corrected chi connectivity index (χ1v) is 10.8. The van der Waals surface area contributed by atoms with E-state index in [0.717, 1.165) is 11.1 Å². The largest absolute Gasteiger partial charge is 0.496 e. The molecule has 0 spiro atoms. The number of hydrogen-bond acceptors (Lipinski definition) is 8. The zero-order valence-corrected chi connectivity index (χ0v) is 19.3. The molecule has 34 heavy (non-hydrogen) atoms. The van der Waals surface area contributed by atoms with Gasteiger partial charge in [-0.25, -0.2) is 9.97 Å². The number of carboxylic acids is 1. The number of aryl methyl sites for hydroxylation is 2. The van der Waals surface area contributed by atoms with Gasteiger partial charge in [0.2, 0.25) is 0 Å². The van der Waals surface area contributed by atoms with Crippen LogP contribution in [0.1, 0.15) is 36.4 Å². The SMILES string of the molecule is COc1ccccc1C(C)n1c(=O)c(NCCC(=O)O)nc2ccc(-c3c(C)noc3C)nc21. The zero-order valence-electron chi connectivity index (χ0n) is 19.3. The van der Waals surface area contributed by atoms with Gasteiger partial charge in [-0.05, 0) is 39.0 Å². The van der Waals surface area contributed by atoms with Crippen LogP contribution in [0.3, 0.4) is 0 Å². The predicted octanol–water partition coefficient (Wildman–Crippen LogP) is 3.57. The Morgan fingerprint density at radius 2 is 1.97 bits per heavy atom. The number of pyridine rings is 1. The minimum Gasteiger partial charge on any atom is -0.496 e. The van der Waals surface area contributed by atoms with Crippen LogP contribution in [0, 0.1) is 13.8 Å². The molecule has 10 nitrogen and oxygen atoms in total. The standard InChI is InChI=1S/C24H25N5O5/c1-13-21(15(3)34-28-13)17-9-10-18-23(27-17)29(14(2)16-7-5-6-8-19(16)33-4)24(32)22(26-18)25-12-11-20(30)31/h5-10,14H,11-12H2,1-4H3,(H,25,26)(H,30,31). The summed E-state index contributed by atoms with van der Waals surface area (Å²) in [7, 11) is 1.58. The van der Waals surface area contributed by atoms with Crippen LogP contribution in [-0.4, -0.2) is 44.4 Å². The molecule has 0 saturated carbocycles. The normalized spacial score (nSPS) is 12.0. The van der Waals surface area contributed by atoms with Gasteiger partial charge >= 0.3 is 5.97 Å². The maximum atomic E-state index is 13.6. The number of fused-ring (bicyclic) bond motifs is 1. The Balaban J connectivity index is 1.94. The molecular formula is C24H25N5O5. The number of rotatable bonds is 8. The highest BCUT2D eigenvalue weighted by atomic mass is 16.5. The van der Waals surface area contributed by atoms with Gasteiger partial charge in [0.1, 0.15) is 17.0 Å². The number of aromatic nitrogens is 4. The second-order valence-corrected chi connectivity index (χ2v) is 7.86. The lowest BCUT2D eigenvalue weighted by Crippen LogP contribution is -2.29. The Bertz CT molecular complexity index is 1410. The molecule has 176 valence electrons. The number of hydrogen-bond donors (Lipinski definition) is 2. The summed E-state index contributed by atoms with van der Waals surface area (Å²) in [5, 5.41) is 15.8. The minimum atomic E-state index is -0.971. The predicted molar refractivity (Wildman–Crippen MR) is 126 cm³/mol. The Labute approximate surface area is 195 Å². The van der Waals surface area contributed by atoms with Crippen LogP contribution in [0.2, 0.25) is 0 Å². The molecule has 2 N–H and O–H groups in total. The van der Waals surface area contributed by atoms with Gasteiger partial charge in [-0.15, -0.1) is 0 Å². The number of carbonyl (C=O) groups is 1. The van der Waals surface area contributed by atoms with Gasteiger partial charge in [0.15, 0.2) is 11.5 Å². The molecule has 1 unspecified atom stereocenters. The highest BCUT2D eigenvalue weighted by molar-refractivity contribution is 5.78. The Morgan fingerprint density at radius 1 is 1.21 bits per heavy atom. The van der Waals surface area contributed by atoms with Crippen LogP contribution in [0.15, 0.2) is 45.7 Å². The van der Waals surface area contributed by atoms with Crippen molar-refractivity contribution in [1.82, 2.24) is 19.7 Å². The number of aliphatic carboxylic acids is 1. The van der Waals surface area contributed by atoms with Crippen molar-refractivity contribution in [1.29, 1.82) is 0 Å². The van der Waals surface area contributed by atoms with E-state index < -0.39 is 17.6 Å². The summed E-state index contributed by atoms with van der Waals surface area (Å²) in [5.74, 6) is 0.342. The van der Waals surface area contributed by atoms with Gasteiger partial charge in [-0.1, -0.05) is 23.4 Å². The number of carboxylic acid groups (broad SMARTS) is 1. The van der Waals surface area contributed by atoms with Crippen molar-refractivity contribution in [3.05, 3.63) is 63.8 Å². The fraction of sp³-hybridized carbons (Fsp3) is 0.292. The second-order valence-electron chi connectivity index (χ2n) is 7.86. The molecule has 0 aliphatic rings. The lowest BCUT2D eigenvalue weighted by Gasteiger charge is -2.21. The third-order valence-electron chi connectivity index (χ3n) is 5.63. The van der Waals surface area contributed by atoms with Gasteiger partial charge in [0.05, 0.1) is 36.5 Å². The fourth-order valence-corrected chi connectivity index (χ4v) is 3.98. The van der Waals surface area contributed by atoms with E-state index in [4.69, 9.17) is 19.4 Å². The van der Waals surface area contributed by atoms with Crippen LogP contribution in [0.5, 0.6) is 5.75 Å². The highest BCUT2D eigenvalue weighted by Crippen LogP contribution is 2.31. The number of benzene rings is 1. The number of nitrogens with zero attached hydrogens (tertiary/aromatic N) is 4. The first kappa shape index (κ1) is 23.0. The van der Waals surface area contributed by atoms with Gasteiger partial charge < -0.3 is 19.7 Å². The molecule has 0 aliphatic carbocycles. The third-order valence-corrected chi connectivity index (χ3v) is 5.63. The highest BCUT2D eigenvalue weighted by Gasteiger charge is 2.22. The van der Waals surface area contributed by atoms with E-state index in [9.17, 15) is 9.59 Å². The number of para-hydroxylation sites is 1. The Hall–Kier alpha value is -4.21. The van der Waals surface area contributed by atoms with Crippen molar-refractivity contribution in [2.45, 2.75) is 33.2 Å². The number of anilines is 1. The molecule has 0 bridgehead atoms. The van der Waals surface area contributed by atoms with Gasteiger partial charge in [-0.2, -0.15) is 0 Å². The molecule has 1 atom stereocenters. The van der Waals surface area contributed by atoms with Gasteiger partial charge in [-0.3, -0.25) is 14.2 Å². The minimum absolute atomic E-state index is 0.0578. The molecule has 4 rings (SSSR count). The molecule has 10 heteroatoms. The van der Waals surface area contributed by atoms with Crippen LogP contribution >= 0.6 is 0 Å². The molecule has 0 saturated heterocycles. The van der Waals surface area contributed by atoms with Crippen LogP contribution in [0.25, 0.3) is 22.4 Å². The molecule has 0 radical (unpaired) electrons. The molecule has 4 aromatic rings. The summed E-state index contributed by atoms with van der Waals surface area (Å²) in [5.41, 5.74) is 3.29. The van der Waals surface area contributed by atoms with Crippen LogP contribution in [-0.2, 0) is 4.79 Å². The lowest BCUT2D eigenvalue weighted by atomic mass is 10.1. The molecular weight excluding hydrogens is 438 g/mol. The van der Waals surface area contributed by atoms with E-state index in [2.05, 4.69) is 15.5 Å². The monoisotopic (exact) mass is 463 g/mol. The summed E-state index contributed by atoms with van der Waals surface area (Å²) >= 11 is 0.